The molecule has 1 aliphatic rings. The summed E-state index contributed by atoms with van der Waals surface area (Å²) in [6.45, 7) is 0. The number of aryl methyl sites for hydroxylation is 1. The molecular weight excluding hydrogens is 434 g/mol. The van der Waals surface area contributed by atoms with E-state index in [-0.39, 0.29) is 11.0 Å². The molecule has 1 saturated carbocycles. The van der Waals surface area contributed by atoms with Crippen LogP contribution in [0.4, 0.5) is 0 Å². The molecule has 2 aromatic heterocycles. The first-order valence-corrected chi connectivity index (χ1v) is 11.4. The number of rotatable bonds is 3. The molecule has 2 heterocycles. The van der Waals surface area contributed by atoms with Gasteiger partial charge in [-0.3, -0.25) is 9.48 Å². The molecule has 6 rings (SSSR count). The Kier molecular flexibility index (Phi) is 4.47. The van der Waals surface area contributed by atoms with Crippen LogP contribution in [0.5, 0.6) is 0 Å². The normalized spacial score (nSPS) is 15.1. The fourth-order valence-electron chi connectivity index (χ4n) is 4.84. The summed E-state index contributed by atoms with van der Waals surface area (Å²) < 4.78 is 8.17. The number of nitrogens with two attached hydrogens (primary N) is 1. The summed E-state index contributed by atoms with van der Waals surface area (Å²) in [5.74, 6) is 0.525. The Morgan fingerprint density at radius 3 is 2.33 bits per heavy atom. The highest BCUT2D eigenvalue weighted by Crippen LogP contribution is 2.40. The maximum absolute atomic E-state index is 13.9. The third-order valence-corrected chi connectivity index (χ3v) is 7.13. The predicted molar refractivity (Wildman–Crippen MR) is 132 cm³/mol. The minimum atomic E-state index is -0.251. The van der Waals surface area contributed by atoms with Gasteiger partial charge >= 0.3 is 0 Å². The average molecular weight is 456 g/mol. The van der Waals surface area contributed by atoms with Gasteiger partial charge in [0.15, 0.2) is 10.7 Å². The largest absolute Gasteiger partial charge is 0.453 e. The van der Waals surface area contributed by atoms with E-state index in [4.69, 9.17) is 21.8 Å². The summed E-state index contributed by atoms with van der Waals surface area (Å²) in [7, 11) is 1.80. The Balaban J connectivity index is 1.65. The van der Waals surface area contributed by atoms with Crippen molar-refractivity contribution in [1.29, 1.82) is 0 Å². The van der Waals surface area contributed by atoms with Crippen LogP contribution in [0, 0.1) is 0 Å². The van der Waals surface area contributed by atoms with Crippen molar-refractivity contribution in [3.63, 3.8) is 0 Å². The third-order valence-electron chi connectivity index (χ3n) is 6.85. The number of hydrogen-bond acceptors (Lipinski definition) is 4. The molecule has 3 aromatic carbocycles. The number of benzene rings is 3. The predicted octanol–water partition coefficient (Wildman–Crippen LogP) is 6.01. The molecule has 2 N–H and O–H groups in total. The monoisotopic (exact) mass is 455 g/mol. The summed E-state index contributed by atoms with van der Waals surface area (Å²) >= 11 is 6.31. The highest BCUT2D eigenvalue weighted by atomic mass is 35.5. The third kappa shape index (κ3) is 3.04. The highest BCUT2D eigenvalue weighted by molar-refractivity contribution is 6.35. The molecule has 0 atom stereocenters. The molecule has 1 aliphatic carbocycles. The van der Waals surface area contributed by atoms with Crippen molar-refractivity contribution in [2.75, 3.05) is 0 Å². The first-order valence-electron chi connectivity index (χ1n) is 11.0. The van der Waals surface area contributed by atoms with Crippen molar-refractivity contribution < 1.29 is 4.42 Å². The number of aromatic nitrogens is 2. The maximum atomic E-state index is 13.9. The Hall–Kier alpha value is -3.41. The molecule has 0 bridgehead atoms. The van der Waals surface area contributed by atoms with Gasteiger partial charge in [-0.2, -0.15) is 5.10 Å². The topological polar surface area (TPSA) is 74.0 Å². The lowest BCUT2D eigenvalue weighted by Gasteiger charge is -2.38. The van der Waals surface area contributed by atoms with Crippen LogP contribution < -0.4 is 11.2 Å². The van der Waals surface area contributed by atoms with Crippen LogP contribution in [-0.2, 0) is 12.6 Å². The lowest BCUT2D eigenvalue weighted by atomic mass is 9.72. The molecule has 0 radical (unpaired) electrons. The molecule has 6 heteroatoms. The summed E-state index contributed by atoms with van der Waals surface area (Å²) in [6, 6.07) is 21.3. The fraction of sp³-hybridized carbons (Fsp3) is 0.185. The molecule has 33 heavy (non-hydrogen) atoms. The van der Waals surface area contributed by atoms with Crippen LogP contribution in [0.15, 0.2) is 75.9 Å². The zero-order valence-electron chi connectivity index (χ0n) is 18.1. The van der Waals surface area contributed by atoms with Crippen molar-refractivity contribution in [3.05, 3.63) is 87.7 Å². The van der Waals surface area contributed by atoms with Crippen molar-refractivity contribution in [2.45, 2.75) is 24.8 Å². The molecule has 5 aromatic rings. The van der Waals surface area contributed by atoms with Gasteiger partial charge in [0.1, 0.15) is 11.3 Å². The standard InChI is InChI=1S/C27H22ClN3O2/c1-31-22-19(26(28)30-31)12-13-20-23(32)21(24(33-25(20)22)17-6-3-2-4-7-17)16-8-10-18(11-9-16)27(29)14-5-15-27/h2-4,6-13H,5,14-15,29H2,1H3. The SMILES string of the molecule is Cn1nc(Cl)c2ccc3c(=O)c(-c4ccc(C5(N)CCC5)cc4)c(-c4ccccc4)oc3c21. The van der Waals surface area contributed by atoms with Gasteiger partial charge in [-0.1, -0.05) is 66.2 Å². The van der Waals surface area contributed by atoms with Crippen molar-refractivity contribution in [2.24, 2.45) is 12.8 Å². The Morgan fingerprint density at radius 1 is 0.970 bits per heavy atom. The van der Waals surface area contributed by atoms with Gasteiger partial charge in [-0.25, -0.2) is 0 Å². The van der Waals surface area contributed by atoms with Gasteiger partial charge in [0, 0.05) is 23.5 Å². The minimum absolute atomic E-state index is 0.0896. The van der Waals surface area contributed by atoms with Gasteiger partial charge < -0.3 is 10.2 Å². The quantitative estimate of drug-likeness (QED) is 0.361. The van der Waals surface area contributed by atoms with E-state index < -0.39 is 0 Å². The fourth-order valence-corrected chi connectivity index (χ4v) is 5.10. The second-order valence-corrected chi connectivity index (χ2v) is 9.20. The number of halogens is 1. The van der Waals surface area contributed by atoms with E-state index in [0.717, 1.165) is 41.3 Å². The maximum Gasteiger partial charge on any atom is 0.201 e. The first kappa shape index (κ1) is 20.2. The van der Waals surface area contributed by atoms with E-state index in [1.165, 1.54) is 0 Å². The molecule has 5 nitrogen and oxygen atoms in total. The number of nitrogens with zero attached hydrogens (tertiary/aromatic N) is 2. The average Bonchev–Trinajstić information content (AvgIpc) is 3.11. The second-order valence-electron chi connectivity index (χ2n) is 8.84. The molecule has 0 unspecified atom stereocenters. The van der Waals surface area contributed by atoms with E-state index in [0.29, 0.717) is 33.0 Å². The van der Waals surface area contributed by atoms with Crippen LogP contribution in [-0.4, -0.2) is 9.78 Å². The van der Waals surface area contributed by atoms with Gasteiger partial charge in [0.25, 0.3) is 0 Å². The minimum Gasteiger partial charge on any atom is -0.453 e. The molecule has 1 fully saturated rings. The van der Waals surface area contributed by atoms with E-state index in [1.54, 1.807) is 17.8 Å². The van der Waals surface area contributed by atoms with Crippen molar-refractivity contribution in [3.8, 4) is 22.5 Å². The molecule has 164 valence electrons. The summed E-state index contributed by atoms with van der Waals surface area (Å²) in [6.07, 6.45) is 3.13. The van der Waals surface area contributed by atoms with E-state index in [9.17, 15) is 4.79 Å². The van der Waals surface area contributed by atoms with Gasteiger partial charge in [-0.05, 0) is 42.5 Å². The lowest BCUT2D eigenvalue weighted by Crippen LogP contribution is -2.43. The molecule has 0 amide bonds. The summed E-state index contributed by atoms with van der Waals surface area (Å²) in [4.78, 5) is 13.9. The second kappa shape index (κ2) is 7.30. The van der Waals surface area contributed by atoms with Crippen LogP contribution >= 0.6 is 11.6 Å². The van der Waals surface area contributed by atoms with E-state index >= 15 is 0 Å². The van der Waals surface area contributed by atoms with Gasteiger partial charge in [0.2, 0.25) is 5.43 Å². The summed E-state index contributed by atoms with van der Waals surface area (Å²) in [5.41, 5.74) is 10.6. The van der Waals surface area contributed by atoms with Crippen LogP contribution in [0.1, 0.15) is 24.8 Å². The van der Waals surface area contributed by atoms with Gasteiger partial charge in [-0.15, -0.1) is 0 Å². The van der Waals surface area contributed by atoms with Crippen LogP contribution in [0.2, 0.25) is 5.15 Å². The van der Waals surface area contributed by atoms with E-state index in [2.05, 4.69) is 5.10 Å². The van der Waals surface area contributed by atoms with Crippen LogP contribution in [0.3, 0.4) is 0 Å². The smallest absolute Gasteiger partial charge is 0.201 e. The Bertz CT molecular complexity index is 1580. The highest BCUT2D eigenvalue weighted by Gasteiger charge is 2.34. The van der Waals surface area contributed by atoms with Gasteiger partial charge in [0.05, 0.1) is 10.9 Å². The van der Waals surface area contributed by atoms with Crippen LogP contribution in [0.25, 0.3) is 44.3 Å². The molecule has 0 saturated heterocycles. The van der Waals surface area contributed by atoms with E-state index in [1.807, 2.05) is 60.7 Å². The van der Waals surface area contributed by atoms with Crippen molar-refractivity contribution >= 4 is 33.5 Å². The Morgan fingerprint density at radius 2 is 1.67 bits per heavy atom. The lowest BCUT2D eigenvalue weighted by molar-refractivity contribution is 0.253. The Labute approximate surface area is 195 Å². The zero-order valence-corrected chi connectivity index (χ0v) is 18.9. The zero-order chi connectivity index (χ0) is 22.7. The number of fused-ring (bicyclic) bond motifs is 3. The molecular formula is C27H22ClN3O2. The molecule has 0 aliphatic heterocycles. The number of hydrogen-bond donors (Lipinski definition) is 1. The first-order chi connectivity index (χ1) is 16.0. The van der Waals surface area contributed by atoms with Crippen molar-refractivity contribution in [1.82, 2.24) is 9.78 Å². The molecule has 0 spiro atoms. The summed E-state index contributed by atoms with van der Waals surface area (Å²) in [5, 5.41) is 5.93.